The maximum Gasteiger partial charge on any atom is 0.262 e. The quantitative estimate of drug-likeness (QED) is 0.793. The van der Waals surface area contributed by atoms with Crippen LogP contribution in [0.1, 0.15) is 20.2 Å². The zero-order valence-corrected chi connectivity index (χ0v) is 13.7. The molecule has 0 fully saturated rings. The minimum absolute atomic E-state index is 0.109. The van der Waals surface area contributed by atoms with Crippen molar-refractivity contribution in [1.82, 2.24) is 10.3 Å². The van der Waals surface area contributed by atoms with Gasteiger partial charge in [0.2, 0.25) is 0 Å². The number of nitrogens with one attached hydrogen (secondary N) is 1. The fourth-order valence-electron chi connectivity index (χ4n) is 2.23. The number of fused-ring (bicyclic) bond motifs is 1. The largest absolute Gasteiger partial charge is 0.497 e. The molecule has 0 bridgehead atoms. The normalized spacial score (nSPS) is 11.0. The standard InChI is InChI=1S/C18H16N2O2S/c1-19-18(21)16-11-20-17(23-16)8-4-12-3-5-14-10-15(22-2)7-6-13(14)9-12/h3-11H,1-2H3,(H,19,21). The van der Waals surface area contributed by atoms with E-state index in [2.05, 4.69) is 22.4 Å². The summed E-state index contributed by atoms with van der Waals surface area (Å²) in [7, 11) is 3.28. The second kappa shape index (κ2) is 6.62. The number of rotatable bonds is 4. The first kappa shape index (κ1) is 15.2. The summed E-state index contributed by atoms with van der Waals surface area (Å²) >= 11 is 1.37. The van der Waals surface area contributed by atoms with Crippen LogP contribution in [0.2, 0.25) is 0 Å². The van der Waals surface area contributed by atoms with Gasteiger partial charge in [0.25, 0.3) is 5.91 Å². The monoisotopic (exact) mass is 324 g/mol. The number of nitrogens with zero attached hydrogens (tertiary/aromatic N) is 1. The molecule has 3 aromatic rings. The van der Waals surface area contributed by atoms with Crippen molar-refractivity contribution in [1.29, 1.82) is 0 Å². The van der Waals surface area contributed by atoms with Crippen LogP contribution < -0.4 is 10.1 Å². The van der Waals surface area contributed by atoms with E-state index < -0.39 is 0 Å². The molecule has 4 nitrogen and oxygen atoms in total. The Balaban J connectivity index is 1.83. The molecule has 116 valence electrons. The smallest absolute Gasteiger partial charge is 0.262 e. The van der Waals surface area contributed by atoms with E-state index in [1.165, 1.54) is 11.3 Å². The molecule has 0 aliphatic rings. The third-order valence-electron chi connectivity index (χ3n) is 3.46. The Morgan fingerprint density at radius 1 is 1.17 bits per heavy atom. The summed E-state index contributed by atoms with van der Waals surface area (Å²) in [5, 5.41) is 5.69. The van der Waals surface area contributed by atoms with Crippen molar-refractivity contribution in [3.8, 4) is 5.75 Å². The zero-order valence-electron chi connectivity index (χ0n) is 12.9. The van der Waals surface area contributed by atoms with Gasteiger partial charge in [-0.25, -0.2) is 4.98 Å². The van der Waals surface area contributed by atoms with E-state index in [0.717, 1.165) is 27.1 Å². The molecule has 3 rings (SSSR count). The molecule has 1 heterocycles. The fraction of sp³-hybridized carbons (Fsp3) is 0.111. The first-order valence-corrected chi connectivity index (χ1v) is 7.95. The Kier molecular flexibility index (Phi) is 4.39. The lowest BCUT2D eigenvalue weighted by molar-refractivity contribution is 0.0967. The third-order valence-corrected chi connectivity index (χ3v) is 4.43. The molecule has 1 aromatic heterocycles. The highest BCUT2D eigenvalue weighted by atomic mass is 32.1. The van der Waals surface area contributed by atoms with E-state index in [1.54, 1.807) is 20.4 Å². The molecule has 0 atom stereocenters. The summed E-state index contributed by atoms with van der Waals surface area (Å²) in [6.07, 6.45) is 5.51. The highest BCUT2D eigenvalue weighted by molar-refractivity contribution is 7.14. The van der Waals surface area contributed by atoms with E-state index in [4.69, 9.17) is 4.74 Å². The number of hydrogen-bond donors (Lipinski definition) is 1. The van der Waals surface area contributed by atoms with Crippen LogP contribution in [0, 0.1) is 0 Å². The van der Waals surface area contributed by atoms with E-state index in [-0.39, 0.29) is 5.91 Å². The third kappa shape index (κ3) is 3.40. The lowest BCUT2D eigenvalue weighted by Crippen LogP contribution is -2.16. The Bertz CT molecular complexity index is 884. The number of thiazole rings is 1. The Labute approximate surface area is 138 Å². The van der Waals surface area contributed by atoms with Crippen LogP contribution in [0.5, 0.6) is 5.75 Å². The van der Waals surface area contributed by atoms with Crippen molar-refractivity contribution in [3.05, 3.63) is 58.0 Å². The number of amides is 1. The summed E-state index contributed by atoms with van der Waals surface area (Å²) in [4.78, 5) is 16.4. The highest BCUT2D eigenvalue weighted by Crippen LogP contribution is 2.23. The summed E-state index contributed by atoms with van der Waals surface area (Å²) in [5.41, 5.74) is 1.08. The van der Waals surface area contributed by atoms with Crippen LogP contribution in [0.4, 0.5) is 0 Å². The van der Waals surface area contributed by atoms with Gasteiger partial charge in [-0.1, -0.05) is 24.3 Å². The molecular formula is C18H16N2O2S. The number of ether oxygens (including phenoxy) is 1. The molecular weight excluding hydrogens is 308 g/mol. The summed E-state index contributed by atoms with van der Waals surface area (Å²) in [5.74, 6) is 0.743. The number of carbonyl (C=O) groups excluding carboxylic acids is 1. The summed E-state index contributed by atoms with van der Waals surface area (Å²) < 4.78 is 5.24. The molecule has 0 radical (unpaired) electrons. The van der Waals surface area contributed by atoms with Gasteiger partial charge in [-0.15, -0.1) is 11.3 Å². The maximum atomic E-state index is 11.5. The summed E-state index contributed by atoms with van der Waals surface area (Å²) in [6.45, 7) is 0. The van der Waals surface area contributed by atoms with Gasteiger partial charge in [0.15, 0.2) is 0 Å². The molecule has 1 amide bonds. The topological polar surface area (TPSA) is 51.2 Å². The molecule has 23 heavy (non-hydrogen) atoms. The Morgan fingerprint density at radius 3 is 2.74 bits per heavy atom. The van der Waals surface area contributed by atoms with Crippen LogP contribution in [0.25, 0.3) is 22.9 Å². The van der Waals surface area contributed by atoms with E-state index in [1.807, 2.05) is 36.4 Å². The number of methoxy groups -OCH3 is 1. The molecule has 0 aliphatic carbocycles. The first-order valence-electron chi connectivity index (χ1n) is 7.13. The molecule has 0 unspecified atom stereocenters. The molecule has 0 aliphatic heterocycles. The zero-order chi connectivity index (χ0) is 16.2. The van der Waals surface area contributed by atoms with Gasteiger partial charge in [0, 0.05) is 7.05 Å². The minimum Gasteiger partial charge on any atom is -0.497 e. The fourth-order valence-corrected chi connectivity index (χ4v) is 3.00. The van der Waals surface area contributed by atoms with Gasteiger partial charge in [0.1, 0.15) is 15.6 Å². The van der Waals surface area contributed by atoms with Crippen molar-refractivity contribution in [2.45, 2.75) is 0 Å². The second-order valence-corrected chi connectivity index (χ2v) is 6.01. The lowest BCUT2D eigenvalue weighted by Gasteiger charge is -2.03. The van der Waals surface area contributed by atoms with Crippen LogP contribution >= 0.6 is 11.3 Å². The molecule has 5 heteroatoms. The van der Waals surface area contributed by atoms with E-state index in [9.17, 15) is 4.79 Å². The molecule has 0 saturated heterocycles. The van der Waals surface area contributed by atoms with Crippen LogP contribution in [0.3, 0.4) is 0 Å². The minimum atomic E-state index is -0.109. The number of benzene rings is 2. The van der Waals surface area contributed by atoms with Gasteiger partial charge < -0.3 is 10.1 Å². The van der Waals surface area contributed by atoms with Crippen molar-refractivity contribution in [2.24, 2.45) is 0 Å². The predicted octanol–water partition coefficient (Wildman–Crippen LogP) is 3.83. The van der Waals surface area contributed by atoms with Crippen molar-refractivity contribution in [2.75, 3.05) is 14.2 Å². The van der Waals surface area contributed by atoms with Gasteiger partial charge in [0.05, 0.1) is 13.3 Å². The molecule has 1 N–H and O–H groups in total. The second-order valence-electron chi connectivity index (χ2n) is 4.95. The van der Waals surface area contributed by atoms with E-state index >= 15 is 0 Å². The Hall–Kier alpha value is -2.66. The van der Waals surface area contributed by atoms with Gasteiger partial charge in [-0.3, -0.25) is 4.79 Å². The molecule has 0 saturated carbocycles. The predicted molar refractivity (Wildman–Crippen MR) is 94.9 cm³/mol. The van der Waals surface area contributed by atoms with Crippen molar-refractivity contribution >= 4 is 40.2 Å². The first-order chi connectivity index (χ1) is 11.2. The van der Waals surface area contributed by atoms with Gasteiger partial charge in [-0.05, 0) is 40.6 Å². The Morgan fingerprint density at radius 2 is 1.96 bits per heavy atom. The lowest BCUT2D eigenvalue weighted by atomic mass is 10.1. The number of aromatic nitrogens is 1. The van der Waals surface area contributed by atoms with Gasteiger partial charge >= 0.3 is 0 Å². The van der Waals surface area contributed by atoms with Crippen molar-refractivity contribution < 1.29 is 9.53 Å². The molecule has 2 aromatic carbocycles. The molecule has 0 spiro atoms. The van der Waals surface area contributed by atoms with Crippen molar-refractivity contribution in [3.63, 3.8) is 0 Å². The van der Waals surface area contributed by atoms with Gasteiger partial charge in [-0.2, -0.15) is 0 Å². The van der Waals surface area contributed by atoms with Crippen LogP contribution in [-0.4, -0.2) is 25.0 Å². The maximum absolute atomic E-state index is 11.5. The SMILES string of the molecule is CNC(=O)c1cnc(C=Cc2ccc3cc(OC)ccc3c2)s1. The highest BCUT2D eigenvalue weighted by Gasteiger charge is 2.06. The number of hydrogen-bond acceptors (Lipinski definition) is 4. The van der Waals surface area contributed by atoms with Crippen LogP contribution in [-0.2, 0) is 0 Å². The van der Waals surface area contributed by atoms with Crippen LogP contribution in [0.15, 0.2) is 42.6 Å². The average molecular weight is 324 g/mol. The summed E-state index contributed by atoms with van der Waals surface area (Å²) in [6, 6.07) is 12.2. The average Bonchev–Trinajstić information content (AvgIpc) is 3.07. The van der Waals surface area contributed by atoms with E-state index in [0.29, 0.717) is 4.88 Å². The number of carbonyl (C=O) groups is 1.